The Kier molecular flexibility index (Phi) is 5.04. The maximum absolute atomic E-state index is 10.5. The molecule has 0 aliphatic rings. The summed E-state index contributed by atoms with van der Waals surface area (Å²) in [5.41, 5.74) is 0.357. The van der Waals surface area contributed by atoms with Gasteiger partial charge in [0, 0.05) is 6.92 Å². The fourth-order valence-corrected chi connectivity index (χ4v) is 1.04. The van der Waals surface area contributed by atoms with E-state index < -0.39 is 0 Å². The predicted molar refractivity (Wildman–Crippen MR) is 54.5 cm³/mol. The molecule has 0 aromatic heterocycles. The fourth-order valence-electron chi connectivity index (χ4n) is 1.04. The lowest BCUT2D eigenvalue weighted by Gasteiger charge is -2.27. The first kappa shape index (κ1) is 12.5. The molecule has 0 heterocycles. The van der Waals surface area contributed by atoms with E-state index in [0.717, 1.165) is 12.8 Å². The van der Waals surface area contributed by atoms with Crippen molar-refractivity contribution in [1.29, 1.82) is 0 Å². The van der Waals surface area contributed by atoms with Crippen LogP contribution in [-0.4, -0.2) is 12.6 Å². The number of esters is 1. The average molecular weight is 186 g/mol. The smallest absolute Gasteiger partial charge is 0.302 e. The van der Waals surface area contributed by atoms with Crippen LogP contribution in [0, 0.1) is 11.3 Å². The average Bonchev–Trinajstić information content (AvgIpc) is 1.95. The van der Waals surface area contributed by atoms with Gasteiger partial charge >= 0.3 is 5.97 Å². The van der Waals surface area contributed by atoms with E-state index in [1.165, 1.54) is 6.92 Å². The summed E-state index contributed by atoms with van der Waals surface area (Å²) in [6.07, 6.45) is 2.09. The third-order valence-electron chi connectivity index (χ3n) is 2.57. The summed E-state index contributed by atoms with van der Waals surface area (Å²) in [5, 5.41) is 0. The van der Waals surface area contributed by atoms with Gasteiger partial charge < -0.3 is 4.74 Å². The van der Waals surface area contributed by atoms with Gasteiger partial charge in [-0.25, -0.2) is 0 Å². The minimum atomic E-state index is -0.177. The second-order valence-electron chi connectivity index (χ2n) is 4.75. The van der Waals surface area contributed by atoms with Crippen LogP contribution in [0.25, 0.3) is 0 Å². The molecule has 0 aromatic carbocycles. The molecular weight excluding hydrogens is 164 g/mol. The molecule has 1 atom stereocenters. The third kappa shape index (κ3) is 6.62. The summed E-state index contributed by atoms with van der Waals surface area (Å²) in [5.74, 6) is 0.492. The molecule has 0 radical (unpaired) electrons. The number of hydrogen-bond acceptors (Lipinski definition) is 2. The van der Waals surface area contributed by atoms with Crippen LogP contribution >= 0.6 is 0 Å². The van der Waals surface area contributed by atoms with Crippen molar-refractivity contribution in [2.75, 3.05) is 6.61 Å². The van der Waals surface area contributed by atoms with Crippen molar-refractivity contribution < 1.29 is 9.53 Å². The first-order valence-corrected chi connectivity index (χ1v) is 4.97. The summed E-state index contributed by atoms with van der Waals surface area (Å²) in [7, 11) is 0. The third-order valence-corrected chi connectivity index (χ3v) is 2.57. The van der Waals surface area contributed by atoms with Crippen LogP contribution in [0.2, 0.25) is 0 Å². The van der Waals surface area contributed by atoms with Gasteiger partial charge in [-0.3, -0.25) is 4.79 Å². The van der Waals surface area contributed by atoms with Crippen LogP contribution in [0.15, 0.2) is 0 Å². The van der Waals surface area contributed by atoms with Gasteiger partial charge in [-0.05, 0) is 24.2 Å². The van der Waals surface area contributed by atoms with Crippen LogP contribution in [0.3, 0.4) is 0 Å². The molecule has 0 bridgehead atoms. The molecule has 0 rings (SSSR count). The second-order valence-corrected chi connectivity index (χ2v) is 4.75. The summed E-state index contributed by atoms with van der Waals surface area (Å²) in [6, 6.07) is 0. The number of carbonyl (C=O) groups excluding carboxylic acids is 1. The molecule has 0 saturated carbocycles. The second kappa shape index (κ2) is 5.25. The highest BCUT2D eigenvalue weighted by Crippen LogP contribution is 2.28. The summed E-state index contributed by atoms with van der Waals surface area (Å²) >= 11 is 0. The van der Waals surface area contributed by atoms with Gasteiger partial charge in [0.1, 0.15) is 0 Å². The zero-order valence-electron chi connectivity index (χ0n) is 9.52. The molecular formula is C11H22O2. The van der Waals surface area contributed by atoms with Crippen LogP contribution < -0.4 is 0 Å². The molecule has 0 fully saturated rings. The maximum atomic E-state index is 10.5. The molecule has 0 aliphatic carbocycles. The highest BCUT2D eigenvalue weighted by atomic mass is 16.5. The van der Waals surface area contributed by atoms with Crippen molar-refractivity contribution in [1.82, 2.24) is 0 Å². The lowest BCUT2D eigenvalue weighted by Crippen LogP contribution is -2.17. The Morgan fingerprint density at radius 3 is 2.31 bits per heavy atom. The molecule has 0 N–H and O–H groups in total. The Morgan fingerprint density at radius 2 is 1.92 bits per heavy atom. The predicted octanol–water partition coefficient (Wildman–Crippen LogP) is 3.01. The summed E-state index contributed by atoms with van der Waals surface area (Å²) in [4.78, 5) is 10.5. The molecule has 13 heavy (non-hydrogen) atoms. The molecule has 0 aliphatic heterocycles. The van der Waals surface area contributed by atoms with Crippen molar-refractivity contribution in [2.45, 2.75) is 47.5 Å². The van der Waals surface area contributed by atoms with E-state index >= 15 is 0 Å². The van der Waals surface area contributed by atoms with Gasteiger partial charge in [0.2, 0.25) is 0 Å². The number of carbonyl (C=O) groups is 1. The van der Waals surface area contributed by atoms with Crippen LogP contribution in [0.4, 0.5) is 0 Å². The van der Waals surface area contributed by atoms with Crippen molar-refractivity contribution in [3.63, 3.8) is 0 Å². The molecule has 0 saturated heterocycles. The number of ether oxygens (including phenoxy) is 1. The first-order chi connectivity index (χ1) is 5.84. The molecule has 0 aromatic rings. The van der Waals surface area contributed by atoms with Crippen LogP contribution in [0.5, 0.6) is 0 Å². The van der Waals surface area contributed by atoms with Gasteiger partial charge in [-0.2, -0.15) is 0 Å². The monoisotopic (exact) mass is 186 g/mol. The van der Waals surface area contributed by atoms with E-state index in [-0.39, 0.29) is 5.97 Å². The van der Waals surface area contributed by atoms with Gasteiger partial charge in [-0.15, -0.1) is 0 Å². The van der Waals surface area contributed by atoms with Crippen molar-refractivity contribution in [3.8, 4) is 0 Å². The van der Waals surface area contributed by atoms with E-state index in [1.54, 1.807) is 0 Å². The highest BCUT2D eigenvalue weighted by molar-refractivity contribution is 5.65. The SMILES string of the molecule is CC(=O)OCCC[C@H](C)C(C)(C)C. The lowest BCUT2D eigenvalue weighted by molar-refractivity contribution is -0.141. The number of hydrogen-bond donors (Lipinski definition) is 0. The minimum Gasteiger partial charge on any atom is -0.466 e. The maximum Gasteiger partial charge on any atom is 0.302 e. The van der Waals surface area contributed by atoms with Crippen molar-refractivity contribution >= 4 is 5.97 Å². The van der Waals surface area contributed by atoms with Crippen molar-refractivity contribution in [2.24, 2.45) is 11.3 Å². The molecule has 0 amide bonds. The summed E-state index contributed by atoms with van der Waals surface area (Å²) < 4.78 is 4.87. The quantitative estimate of drug-likeness (QED) is 0.498. The zero-order valence-corrected chi connectivity index (χ0v) is 9.52. The van der Waals surface area contributed by atoms with E-state index in [2.05, 4.69) is 27.7 Å². The van der Waals surface area contributed by atoms with E-state index in [0.29, 0.717) is 17.9 Å². The van der Waals surface area contributed by atoms with Gasteiger partial charge in [-0.1, -0.05) is 27.7 Å². The molecule has 2 heteroatoms. The van der Waals surface area contributed by atoms with Crippen molar-refractivity contribution in [3.05, 3.63) is 0 Å². The van der Waals surface area contributed by atoms with E-state index in [9.17, 15) is 4.79 Å². The van der Waals surface area contributed by atoms with Gasteiger partial charge in [0.25, 0.3) is 0 Å². The fraction of sp³-hybridized carbons (Fsp3) is 0.909. The largest absolute Gasteiger partial charge is 0.466 e. The Labute approximate surface area is 81.7 Å². The Morgan fingerprint density at radius 1 is 1.38 bits per heavy atom. The molecule has 78 valence electrons. The standard InChI is InChI=1S/C11H22O2/c1-9(11(3,4)5)7-6-8-13-10(2)12/h9H,6-8H2,1-5H3/t9-/m0/s1. The Hall–Kier alpha value is -0.530. The molecule has 2 nitrogen and oxygen atoms in total. The van der Waals surface area contributed by atoms with Gasteiger partial charge in [0.15, 0.2) is 0 Å². The normalized spacial score (nSPS) is 13.9. The lowest BCUT2D eigenvalue weighted by atomic mass is 9.79. The Balaban J connectivity index is 3.49. The highest BCUT2D eigenvalue weighted by Gasteiger charge is 2.19. The van der Waals surface area contributed by atoms with Gasteiger partial charge in [0.05, 0.1) is 6.61 Å². The van der Waals surface area contributed by atoms with E-state index in [1.807, 2.05) is 0 Å². The first-order valence-electron chi connectivity index (χ1n) is 4.97. The Bertz CT molecular complexity index is 156. The van der Waals surface area contributed by atoms with Crippen LogP contribution in [0.1, 0.15) is 47.5 Å². The molecule has 0 spiro atoms. The summed E-state index contributed by atoms with van der Waals surface area (Å²) in [6.45, 7) is 11.0. The number of rotatable bonds is 4. The zero-order chi connectivity index (χ0) is 10.5. The van der Waals surface area contributed by atoms with E-state index in [4.69, 9.17) is 4.74 Å². The molecule has 0 unspecified atom stereocenters. The minimum absolute atomic E-state index is 0.177. The van der Waals surface area contributed by atoms with Crippen LogP contribution in [-0.2, 0) is 9.53 Å². The topological polar surface area (TPSA) is 26.3 Å².